The summed E-state index contributed by atoms with van der Waals surface area (Å²) in [7, 11) is 0. The van der Waals surface area contributed by atoms with Crippen molar-refractivity contribution in [3.63, 3.8) is 0 Å². The number of hydrogen-bond acceptors (Lipinski definition) is 5. The number of ether oxygens (including phenoxy) is 1. The van der Waals surface area contributed by atoms with Crippen LogP contribution in [-0.4, -0.2) is 60.2 Å². The molecule has 1 aromatic heterocycles. The van der Waals surface area contributed by atoms with Gasteiger partial charge < -0.3 is 14.5 Å². The third-order valence-electron chi connectivity index (χ3n) is 5.23. The summed E-state index contributed by atoms with van der Waals surface area (Å²) in [6, 6.07) is 0.335. The van der Waals surface area contributed by atoms with Gasteiger partial charge >= 0.3 is 0 Å². The maximum absolute atomic E-state index is 13.0. The molecule has 0 aliphatic carbocycles. The second-order valence-electron chi connectivity index (χ2n) is 6.98. The summed E-state index contributed by atoms with van der Waals surface area (Å²) in [6.07, 6.45) is 9.72. The minimum Gasteiger partial charge on any atom is -0.381 e. The summed E-state index contributed by atoms with van der Waals surface area (Å²) in [5, 5.41) is 0. The number of nitrogens with zero attached hydrogens (tertiary/aromatic N) is 4. The van der Waals surface area contributed by atoms with E-state index < -0.39 is 5.82 Å². The van der Waals surface area contributed by atoms with E-state index in [2.05, 4.69) is 14.9 Å². The molecule has 1 unspecified atom stereocenters. The Morgan fingerprint density at radius 2 is 2.04 bits per heavy atom. The van der Waals surface area contributed by atoms with Gasteiger partial charge in [-0.3, -0.25) is 4.79 Å². The molecule has 2 aliphatic rings. The van der Waals surface area contributed by atoms with Crippen LogP contribution in [-0.2, 0) is 9.53 Å². The molecule has 2 saturated heterocycles. The summed E-state index contributed by atoms with van der Waals surface area (Å²) >= 11 is 0. The lowest BCUT2D eigenvalue weighted by Gasteiger charge is -2.34. The molecule has 3 heterocycles. The van der Waals surface area contributed by atoms with Crippen molar-refractivity contribution in [1.29, 1.82) is 0 Å². The average molecular weight is 350 g/mol. The van der Waals surface area contributed by atoms with Gasteiger partial charge in [0.25, 0.3) is 0 Å². The van der Waals surface area contributed by atoms with Gasteiger partial charge in [-0.1, -0.05) is 0 Å². The van der Waals surface area contributed by atoms with Gasteiger partial charge in [-0.2, -0.15) is 0 Å². The van der Waals surface area contributed by atoms with Gasteiger partial charge in [-0.25, -0.2) is 14.4 Å². The van der Waals surface area contributed by atoms with E-state index in [1.807, 2.05) is 4.90 Å². The molecule has 0 saturated carbocycles. The van der Waals surface area contributed by atoms with Crippen molar-refractivity contribution in [3.8, 4) is 0 Å². The van der Waals surface area contributed by atoms with Gasteiger partial charge in [0.15, 0.2) is 5.82 Å². The van der Waals surface area contributed by atoms with Gasteiger partial charge in [0.05, 0.1) is 12.4 Å². The number of amides is 1. The molecule has 7 heteroatoms. The lowest BCUT2D eigenvalue weighted by molar-refractivity contribution is -0.122. The molecule has 1 atom stereocenters. The molecule has 6 nitrogen and oxygen atoms in total. The number of rotatable bonds is 7. The van der Waals surface area contributed by atoms with Crippen LogP contribution in [0.1, 0.15) is 38.5 Å². The first-order valence-corrected chi connectivity index (χ1v) is 9.27. The third-order valence-corrected chi connectivity index (χ3v) is 5.23. The fraction of sp³-hybridized carbons (Fsp3) is 0.722. The summed E-state index contributed by atoms with van der Waals surface area (Å²) in [5.41, 5.74) is 0. The van der Waals surface area contributed by atoms with Gasteiger partial charge in [-0.05, 0) is 44.4 Å². The zero-order valence-electron chi connectivity index (χ0n) is 14.6. The number of halogens is 1. The predicted octanol–water partition coefficient (Wildman–Crippen LogP) is 2.25. The van der Waals surface area contributed by atoms with E-state index in [0.717, 1.165) is 71.4 Å². The smallest absolute Gasteiger partial charge is 0.225 e. The van der Waals surface area contributed by atoms with E-state index >= 15 is 0 Å². The average Bonchev–Trinajstić information content (AvgIpc) is 2.67. The Labute approximate surface area is 148 Å². The third kappa shape index (κ3) is 5.11. The highest BCUT2D eigenvalue weighted by atomic mass is 19.1. The molecule has 0 aromatic carbocycles. The topological polar surface area (TPSA) is 58.6 Å². The van der Waals surface area contributed by atoms with E-state index in [1.54, 1.807) is 0 Å². The fourth-order valence-electron chi connectivity index (χ4n) is 3.85. The van der Waals surface area contributed by atoms with Crippen LogP contribution in [0.2, 0.25) is 0 Å². The van der Waals surface area contributed by atoms with Gasteiger partial charge in [0, 0.05) is 38.9 Å². The van der Waals surface area contributed by atoms with E-state index in [-0.39, 0.29) is 0 Å². The van der Waals surface area contributed by atoms with E-state index in [9.17, 15) is 9.18 Å². The van der Waals surface area contributed by atoms with Crippen molar-refractivity contribution in [2.24, 2.45) is 5.92 Å². The number of anilines is 1. The molecule has 0 radical (unpaired) electrons. The minimum absolute atomic E-state index is 0.335. The molecule has 25 heavy (non-hydrogen) atoms. The highest BCUT2D eigenvalue weighted by molar-refractivity contribution is 5.47. The Morgan fingerprint density at radius 1 is 1.28 bits per heavy atom. The highest BCUT2D eigenvalue weighted by Gasteiger charge is 2.23. The second kappa shape index (κ2) is 9.08. The Kier molecular flexibility index (Phi) is 6.55. The maximum Gasteiger partial charge on any atom is 0.225 e. The number of carbonyl (C=O) groups is 1. The molecule has 1 amide bonds. The van der Waals surface area contributed by atoms with Crippen molar-refractivity contribution in [2.75, 3.05) is 37.7 Å². The molecular weight excluding hydrogens is 323 g/mol. The van der Waals surface area contributed by atoms with Crippen molar-refractivity contribution in [3.05, 3.63) is 18.2 Å². The summed E-state index contributed by atoms with van der Waals surface area (Å²) in [6.45, 7) is 4.15. The van der Waals surface area contributed by atoms with Crippen molar-refractivity contribution in [2.45, 2.75) is 44.6 Å². The quantitative estimate of drug-likeness (QED) is 0.706. The fourth-order valence-corrected chi connectivity index (χ4v) is 3.85. The zero-order chi connectivity index (χ0) is 17.5. The van der Waals surface area contributed by atoms with Crippen LogP contribution >= 0.6 is 0 Å². The molecule has 1 aromatic rings. The van der Waals surface area contributed by atoms with E-state index in [0.29, 0.717) is 17.9 Å². The van der Waals surface area contributed by atoms with Crippen LogP contribution < -0.4 is 4.90 Å². The molecule has 2 fully saturated rings. The SMILES string of the molecule is O=CN(CCCC1CCCN(c2ncc(F)cn2)C1)C1CCOCC1. The molecule has 0 bridgehead atoms. The van der Waals surface area contributed by atoms with Crippen molar-refractivity contribution >= 4 is 12.4 Å². The van der Waals surface area contributed by atoms with Crippen LogP contribution in [0.3, 0.4) is 0 Å². The maximum atomic E-state index is 13.0. The lowest BCUT2D eigenvalue weighted by atomic mass is 9.93. The lowest BCUT2D eigenvalue weighted by Crippen LogP contribution is -2.40. The van der Waals surface area contributed by atoms with Gasteiger partial charge in [0.2, 0.25) is 12.4 Å². The van der Waals surface area contributed by atoms with Crippen LogP contribution in [0.15, 0.2) is 12.4 Å². The molecule has 2 aliphatic heterocycles. The number of hydrogen-bond donors (Lipinski definition) is 0. The summed E-state index contributed by atoms with van der Waals surface area (Å²) in [4.78, 5) is 23.7. The largest absolute Gasteiger partial charge is 0.381 e. The Hall–Kier alpha value is -1.76. The monoisotopic (exact) mass is 350 g/mol. The minimum atomic E-state index is -0.403. The van der Waals surface area contributed by atoms with Crippen LogP contribution in [0.25, 0.3) is 0 Å². The summed E-state index contributed by atoms with van der Waals surface area (Å²) < 4.78 is 18.3. The predicted molar refractivity (Wildman–Crippen MR) is 92.8 cm³/mol. The molecular formula is C18H27FN4O2. The summed E-state index contributed by atoms with van der Waals surface area (Å²) in [5.74, 6) is 0.785. The molecule has 0 N–H and O–H groups in total. The van der Waals surface area contributed by atoms with E-state index in [4.69, 9.17) is 4.74 Å². The standard InChI is InChI=1S/C18H27FN4O2/c19-16-11-20-18(21-12-16)22-7-1-3-15(13-22)4-2-8-23(14-24)17-5-9-25-10-6-17/h11-12,14-15,17H,1-10,13H2. The van der Waals surface area contributed by atoms with Crippen LogP contribution in [0.4, 0.5) is 10.3 Å². The first kappa shape index (κ1) is 18.0. The molecule has 0 spiro atoms. The molecule has 3 rings (SSSR count). The van der Waals surface area contributed by atoms with Crippen molar-refractivity contribution < 1.29 is 13.9 Å². The number of aromatic nitrogens is 2. The molecule has 138 valence electrons. The number of piperidine rings is 1. The van der Waals surface area contributed by atoms with Crippen LogP contribution in [0.5, 0.6) is 0 Å². The number of carbonyl (C=O) groups excluding carboxylic acids is 1. The Balaban J connectivity index is 1.44. The normalized spacial score (nSPS) is 22.0. The van der Waals surface area contributed by atoms with Gasteiger partial charge in [0.1, 0.15) is 0 Å². The zero-order valence-corrected chi connectivity index (χ0v) is 14.6. The van der Waals surface area contributed by atoms with Gasteiger partial charge in [-0.15, -0.1) is 0 Å². The second-order valence-corrected chi connectivity index (χ2v) is 6.98. The van der Waals surface area contributed by atoms with E-state index in [1.165, 1.54) is 18.8 Å². The van der Waals surface area contributed by atoms with Crippen LogP contribution in [0, 0.1) is 11.7 Å². The van der Waals surface area contributed by atoms with Crippen molar-refractivity contribution in [1.82, 2.24) is 14.9 Å². The first-order chi connectivity index (χ1) is 12.3. The first-order valence-electron chi connectivity index (χ1n) is 9.27. The highest BCUT2D eigenvalue weighted by Crippen LogP contribution is 2.24. The Morgan fingerprint density at radius 3 is 2.76 bits per heavy atom. The Bertz CT molecular complexity index is 536.